The zero-order valence-electron chi connectivity index (χ0n) is 14.8. The van der Waals surface area contributed by atoms with Crippen molar-refractivity contribution < 1.29 is 14.3 Å². The monoisotopic (exact) mass is 401 g/mol. The van der Waals surface area contributed by atoms with Crippen LogP contribution >= 0.6 is 11.6 Å². The standard InChI is InChI=1S/C23H12ClNO4/c24-14-6-8-19-17(10-14)20-18(23(28)29-19)9-13(11-25-20)21(26)16-7-5-12-3-1-2-4-15(12)22(16)27/h1-11,27H. The second-order valence-electron chi connectivity index (χ2n) is 6.66. The zero-order valence-corrected chi connectivity index (χ0v) is 15.6. The Hall–Kier alpha value is -3.70. The first-order valence-corrected chi connectivity index (χ1v) is 9.18. The van der Waals surface area contributed by atoms with Crippen molar-refractivity contribution >= 4 is 50.0 Å². The summed E-state index contributed by atoms with van der Waals surface area (Å²) in [7, 11) is 0. The number of carbonyl (C=O) groups excluding carboxylic acids is 1. The molecular weight excluding hydrogens is 390 g/mol. The number of pyridine rings is 1. The van der Waals surface area contributed by atoms with Gasteiger partial charge in [0, 0.05) is 27.6 Å². The summed E-state index contributed by atoms with van der Waals surface area (Å²) in [5.41, 5.74) is 0.484. The van der Waals surface area contributed by atoms with Crippen molar-refractivity contribution in [2.24, 2.45) is 0 Å². The maximum atomic E-state index is 13.0. The van der Waals surface area contributed by atoms with Gasteiger partial charge in [-0.25, -0.2) is 4.79 Å². The molecule has 2 heterocycles. The second kappa shape index (κ2) is 6.43. The van der Waals surface area contributed by atoms with Crippen LogP contribution in [0.1, 0.15) is 15.9 Å². The second-order valence-corrected chi connectivity index (χ2v) is 7.10. The lowest BCUT2D eigenvalue weighted by atomic mass is 9.98. The van der Waals surface area contributed by atoms with E-state index in [9.17, 15) is 14.7 Å². The van der Waals surface area contributed by atoms with Crippen LogP contribution in [-0.2, 0) is 0 Å². The maximum absolute atomic E-state index is 13.0. The Bertz CT molecular complexity index is 1520. The molecule has 6 heteroatoms. The molecule has 140 valence electrons. The number of carbonyl (C=O) groups is 1. The predicted octanol–water partition coefficient (Wildman–Crippen LogP) is 5.08. The smallest absolute Gasteiger partial charge is 0.345 e. The summed E-state index contributed by atoms with van der Waals surface area (Å²) < 4.78 is 5.34. The van der Waals surface area contributed by atoms with Crippen LogP contribution in [0.2, 0.25) is 5.02 Å². The zero-order chi connectivity index (χ0) is 20.1. The number of hydrogen-bond acceptors (Lipinski definition) is 5. The molecule has 0 spiro atoms. The van der Waals surface area contributed by atoms with E-state index in [0.717, 1.165) is 5.39 Å². The van der Waals surface area contributed by atoms with Gasteiger partial charge in [-0.3, -0.25) is 9.78 Å². The third-order valence-electron chi connectivity index (χ3n) is 4.91. The molecule has 0 aliphatic carbocycles. The average Bonchev–Trinajstić information content (AvgIpc) is 2.74. The number of phenolic OH excluding ortho intramolecular Hbond substituents is 1. The third-order valence-corrected chi connectivity index (χ3v) is 5.15. The fraction of sp³-hybridized carbons (Fsp3) is 0. The largest absolute Gasteiger partial charge is 0.507 e. The molecule has 1 N–H and O–H groups in total. The molecule has 2 aromatic heterocycles. The minimum absolute atomic E-state index is 0.106. The molecular formula is C23H12ClNO4. The van der Waals surface area contributed by atoms with Crippen molar-refractivity contribution in [3.63, 3.8) is 0 Å². The van der Waals surface area contributed by atoms with Gasteiger partial charge >= 0.3 is 5.63 Å². The van der Waals surface area contributed by atoms with E-state index in [1.165, 1.54) is 12.3 Å². The molecule has 5 aromatic rings. The predicted molar refractivity (Wildman–Crippen MR) is 112 cm³/mol. The van der Waals surface area contributed by atoms with Crippen LogP contribution in [0.4, 0.5) is 0 Å². The molecule has 0 aliphatic heterocycles. The highest BCUT2D eigenvalue weighted by molar-refractivity contribution is 6.31. The van der Waals surface area contributed by atoms with Crippen molar-refractivity contribution in [1.29, 1.82) is 0 Å². The normalized spacial score (nSPS) is 11.3. The molecule has 0 aliphatic rings. The van der Waals surface area contributed by atoms with Crippen molar-refractivity contribution in [3.8, 4) is 5.75 Å². The van der Waals surface area contributed by atoms with Crippen LogP contribution in [0.5, 0.6) is 5.75 Å². The molecule has 3 aromatic carbocycles. The highest BCUT2D eigenvalue weighted by atomic mass is 35.5. The Labute approximate surface area is 168 Å². The van der Waals surface area contributed by atoms with E-state index >= 15 is 0 Å². The first-order chi connectivity index (χ1) is 14.0. The topological polar surface area (TPSA) is 80.4 Å². The first kappa shape index (κ1) is 17.4. The van der Waals surface area contributed by atoms with Gasteiger partial charge in [-0.1, -0.05) is 41.9 Å². The minimum Gasteiger partial charge on any atom is -0.507 e. The third kappa shape index (κ3) is 2.75. The molecule has 0 saturated carbocycles. The van der Waals surface area contributed by atoms with Crippen molar-refractivity contribution in [3.05, 3.63) is 93.4 Å². The van der Waals surface area contributed by atoms with Crippen LogP contribution in [0.15, 0.2) is 76.1 Å². The quantitative estimate of drug-likeness (QED) is 0.253. The van der Waals surface area contributed by atoms with Gasteiger partial charge in [0.25, 0.3) is 0 Å². The van der Waals surface area contributed by atoms with Gasteiger partial charge in [-0.05, 0) is 35.7 Å². The Morgan fingerprint density at radius 1 is 0.966 bits per heavy atom. The number of phenols is 1. The summed E-state index contributed by atoms with van der Waals surface area (Å²) in [6.45, 7) is 0. The summed E-state index contributed by atoms with van der Waals surface area (Å²) >= 11 is 6.06. The van der Waals surface area contributed by atoms with E-state index in [1.807, 2.05) is 12.1 Å². The molecule has 5 rings (SSSR count). The lowest BCUT2D eigenvalue weighted by Gasteiger charge is -2.08. The van der Waals surface area contributed by atoms with E-state index in [4.69, 9.17) is 16.0 Å². The van der Waals surface area contributed by atoms with E-state index in [2.05, 4.69) is 4.98 Å². The molecule has 5 nitrogen and oxygen atoms in total. The molecule has 0 radical (unpaired) electrons. The van der Waals surface area contributed by atoms with Gasteiger partial charge in [-0.2, -0.15) is 0 Å². The molecule has 0 saturated heterocycles. The van der Waals surface area contributed by atoms with E-state index < -0.39 is 11.4 Å². The highest BCUT2D eigenvalue weighted by Crippen LogP contribution is 2.31. The Morgan fingerprint density at radius 3 is 2.66 bits per heavy atom. The minimum atomic E-state index is -0.597. The van der Waals surface area contributed by atoms with Crippen LogP contribution in [-0.4, -0.2) is 15.9 Å². The summed E-state index contributed by atoms with van der Waals surface area (Å²) in [4.78, 5) is 29.8. The van der Waals surface area contributed by atoms with Gasteiger partial charge in [-0.15, -0.1) is 0 Å². The fourth-order valence-electron chi connectivity index (χ4n) is 3.48. The number of halogens is 1. The fourth-order valence-corrected chi connectivity index (χ4v) is 3.66. The number of ketones is 1. The molecule has 29 heavy (non-hydrogen) atoms. The van der Waals surface area contributed by atoms with Crippen LogP contribution in [0.25, 0.3) is 32.6 Å². The van der Waals surface area contributed by atoms with Gasteiger partial charge in [0.1, 0.15) is 11.3 Å². The molecule has 0 unspecified atom stereocenters. The Balaban J connectivity index is 1.70. The first-order valence-electron chi connectivity index (χ1n) is 8.80. The number of hydrogen-bond donors (Lipinski definition) is 1. The summed E-state index contributed by atoms with van der Waals surface area (Å²) in [5.74, 6) is -0.543. The van der Waals surface area contributed by atoms with E-state index in [1.54, 1.807) is 42.5 Å². The van der Waals surface area contributed by atoms with E-state index in [-0.39, 0.29) is 22.3 Å². The number of nitrogens with zero attached hydrogens (tertiary/aromatic N) is 1. The number of aromatic nitrogens is 1. The van der Waals surface area contributed by atoms with Crippen molar-refractivity contribution in [1.82, 2.24) is 4.98 Å². The van der Waals surface area contributed by atoms with Crippen LogP contribution < -0.4 is 5.63 Å². The lowest BCUT2D eigenvalue weighted by Crippen LogP contribution is -2.07. The van der Waals surface area contributed by atoms with E-state index in [0.29, 0.717) is 26.9 Å². The van der Waals surface area contributed by atoms with Crippen molar-refractivity contribution in [2.45, 2.75) is 0 Å². The van der Waals surface area contributed by atoms with Crippen LogP contribution in [0.3, 0.4) is 0 Å². The lowest BCUT2D eigenvalue weighted by molar-refractivity contribution is 0.103. The maximum Gasteiger partial charge on any atom is 0.345 e. The van der Waals surface area contributed by atoms with Gasteiger partial charge in [0.05, 0.1) is 16.5 Å². The Morgan fingerprint density at radius 2 is 1.79 bits per heavy atom. The summed E-state index contributed by atoms with van der Waals surface area (Å²) in [5, 5.41) is 13.2. The molecule has 0 atom stereocenters. The number of fused-ring (bicyclic) bond motifs is 4. The number of benzene rings is 3. The highest BCUT2D eigenvalue weighted by Gasteiger charge is 2.18. The molecule has 0 amide bonds. The van der Waals surface area contributed by atoms with Gasteiger partial charge in [0.15, 0.2) is 5.78 Å². The average molecular weight is 402 g/mol. The SMILES string of the molecule is O=C(c1cnc2c(c1)c(=O)oc1ccc(Cl)cc12)c1ccc2ccccc2c1O. The number of aromatic hydroxyl groups is 1. The number of rotatable bonds is 2. The summed E-state index contributed by atoms with van der Waals surface area (Å²) in [6, 6.07) is 16.9. The summed E-state index contributed by atoms with van der Waals surface area (Å²) in [6.07, 6.45) is 1.39. The van der Waals surface area contributed by atoms with Crippen LogP contribution in [0, 0.1) is 0 Å². The molecule has 0 fully saturated rings. The van der Waals surface area contributed by atoms with Gasteiger partial charge < -0.3 is 9.52 Å². The van der Waals surface area contributed by atoms with Crippen molar-refractivity contribution in [2.75, 3.05) is 0 Å². The van der Waals surface area contributed by atoms with Gasteiger partial charge in [0.2, 0.25) is 0 Å². The molecule has 0 bridgehead atoms. The Kier molecular flexibility index (Phi) is 3.86.